The smallest absolute Gasteiger partial charge is 0.418 e. The maximum Gasteiger partial charge on any atom is 0.418 e. The van der Waals surface area contributed by atoms with Crippen molar-refractivity contribution in [2.24, 2.45) is 0 Å². The lowest BCUT2D eigenvalue weighted by Crippen LogP contribution is -2.37. The molecule has 3 aromatic carbocycles. The fourth-order valence-electron chi connectivity index (χ4n) is 3.80. The summed E-state index contributed by atoms with van der Waals surface area (Å²) in [6.07, 6.45) is -4.43. The third-order valence-corrected chi connectivity index (χ3v) is 7.25. The van der Waals surface area contributed by atoms with Crippen LogP contribution in [0.2, 0.25) is 19.6 Å². The quantitative estimate of drug-likeness (QED) is 0.339. The lowest BCUT2D eigenvalue weighted by atomic mass is 10.1. The molecule has 0 aliphatic carbocycles. The van der Waals surface area contributed by atoms with Crippen LogP contribution in [-0.2, 0) is 6.18 Å². The van der Waals surface area contributed by atoms with Crippen LogP contribution in [0.25, 0.3) is 21.9 Å². The van der Waals surface area contributed by atoms with E-state index in [0.717, 1.165) is 22.4 Å². The molecular formula is C23H22F3NOSi. The fraction of sp³-hybridized carbons (Fsp3) is 0.217. The van der Waals surface area contributed by atoms with Gasteiger partial charge in [0, 0.05) is 17.8 Å². The number of halogens is 3. The lowest BCUT2D eigenvalue weighted by Gasteiger charge is -2.23. The average molecular weight is 414 g/mol. The average Bonchev–Trinajstić information content (AvgIpc) is 3.04. The van der Waals surface area contributed by atoms with Crippen molar-refractivity contribution in [3.05, 3.63) is 66.2 Å². The number of furan rings is 1. The van der Waals surface area contributed by atoms with Gasteiger partial charge in [-0.15, -0.1) is 0 Å². The van der Waals surface area contributed by atoms with Crippen LogP contribution in [0, 0.1) is 0 Å². The van der Waals surface area contributed by atoms with E-state index in [2.05, 4.69) is 25.7 Å². The molecule has 2 nitrogen and oxygen atoms in total. The molecule has 4 aromatic rings. The topological polar surface area (TPSA) is 16.4 Å². The first-order chi connectivity index (χ1) is 13.6. The minimum Gasteiger partial charge on any atom is -0.454 e. The van der Waals surface area contributed by atoms with Gasteiger partial charge in [-0.2, -0.15) is 13.2 Å². The van der Waals surface area contributed by atoms with Crippen LogP contribution in [0.5, 0.6) is 0 Å². The van der Waals surface area contributed by atoms with Crippen molar-refractivity contribution in [3.63, 3.8) is 0 Å². The molecule has 0 N–H and O–H groups in total. The largest absolute Gasteiger partial charge is 0.454 e. The Balaban J connectivity index is 1.97. The lowest BCUT2D eigenvalue weighted by molar-refractivity contribution is -0.137. The summed E-state index contributed by atoms with van der Waals surface area (Å²) in [5.74, 6) is 0. The zero-order valence-electron chi connectivity index (χ0n) is 16.8. The van der Waals surface area contributed by atoms with E-state index in [1.165, 1.54) is 17.3 Å². The standard InChI is InChI=1S/C23H22F3NOSi/c1-27(18-12-6-5-11-17(18)23(24,25)26)19-13-7-9-15-16-10-8-14-20(29(2,3)4)22(16)28-21(15)19/h5-14H,1-4H3. The molecule has 6 heteroatoms. The molecule has 0 radical (unpaired) electrons. The number of rotatable bonds is 3. The molecule has 0 atom stereocenters. The number of para-hydroxylation sites is 3. The van der Waals surface area contributed by atoms with Crippen LogP contribution in [0.4, 0.5) is 24.5 Å². The van der Waals surface area contributed by atoms with Crippen molar-refractivity contribution in [1.29, 1.82) is 0 Å². The zero-order chi connectivity index (χ0) is 21.0. The number of hydrogen-bond acceptors (Lipinski definition) is 2. The second kappa shape index (κ2) is 6.66. The van der Waals surface area contributed by atoms with Crippen molar-refractivity contribution >= 4 is 46.6 Å². The minimum absolute atomic E-state index is 0.0957. The summed E-state index contributed by atoms with van der Waals surface area (Å²) in [5.41, 5.74) is 1.48. The van der Waals surface area contributed by atoms with E-state index in [1.54, 1.807) is 24.1 Å². The van der Waals surface area contributed by atoms with E-state index >= 15 is 0 Å². The van der Waals surface area contributed by atoms with Crippen LogP contribution in [0.3, 0.4) is 0 Å². The van der Waals surface area contributed by atoms with Crippen molar-refractivity contribution in [2.45, 2.75) is 25.8 Å². The molecule has 4 rings (SSSR count). The van der Waals surface area contributed by atoms with Gasteiger partial charge in [0.05, 0.1) is 25.0 Å². The van der Waals surface area contributed by atoms with E-state index in [1.807, 2.05) is 24.3 Å². The van der Waals surface area contributed by atoms with Gasteiger partial charge in [0.15, 0.2) is 5.58 Å². The number of anilines is 2. The van der Waals surface area contributed by atoms with Crippen molar-refractivity contribution in [1.82, 2.24) is 0 Å². The van der Waals surface area contributed by atoms with Crippen LogP contribution < -0.4 is 10.1 Å². The summed E-state index contributed by atoms with van der Waals surface area (Å²) in [5, 5.41) is 3.11. The zero-order valence-corrected chi connectivity index (χ0v) is 17.8. The first-order valence-electron chi connectivity index (χ1n) is 9.44. The SMILES string of the molecule is CN(c1ccccc1C(F)(F)F)c1cccc2c1oc1c([Si](C)(C)C)cccc12. The maximum atomic E-state index is 13.5. The first kappa shape index (κ1) is 19.6. The Morgan fingerprint density at radius 1 is 0.759 bits per heavy atom. The summed E-state index contributed by atoms with van der Waals surface area (Å²) in [7, 11) is -0.0143. The number of nitrogens with zero attached hydrogens (tertiary/aromatic N) is 1. The maximum absolute atomic E-state index is 13.5. The van der Waals surface area contributed by atoms with E-state index in [4.69, 9.17) is 4.42 Å². The molecule has 150 valence electrons. The van der Waals surface area contributed by atoms with Crippen LogP contribution in [0.15, 0.2) is 65.1 Å². The molecule has 0 amide bonds. The Hall–Kier alpha value is -2.73. The van der Waals surface area contributed by atoms with E-state index in [9.17, 15) is 13.2 Å². The Bertz CT molecular complexity index is 1200. The highest BCUT2D eigenvalue weighted by molar-refractivity contribution is 6.90. The first-order valence-corrected chi connectivity index (χ1v) is 12.9. The molecule has 29 heavy (non-hydrogen) atoms. The van der Waals surface area contributed by atoms with Gasteiger partial charge in [0.1, 0.15) is 5.58 Å². The molecule has 0 saturated heterocycles. The van der Waals surface area contributed by atoms with Gasteiger partial charge in [0.2, 0.25) is 0 Å². The molecular weight excluding hydrogens is 391 g/mol. The molecule has 0 unspecified atom stereocenters. The second-order valence-electron chi connectivity index (χ2n) is 8.26. The Morgan fingerprint density at radius 3 is 2.00 bits per heavy atom. The van der Waals surface area contributed by atoms with Gasteiger partial charge in [0.25, 0.3) is 0 Å². The van der Waals surface area contributed by atoms with Crippen molar-refractivity contribution < 1.29 is 17.6 Å². The van der Waals surface area contributed by atoms with Gasteiger partial charge < -0.3 is 9.32 Å². The Kier molecular flexibility index (Phi) is 4.50. The summed E-state index contributed by atoms with van der Waals surface area (Å²) < 4.78 is 47.0. The Labute approximate surface area is 168 Å². The number of hydrogen-bond donors (Lipinski definition) is 0. The third kappa shape index (κ3) is 3.31. The van der Waals surface area contributed by atoms with Gasteiger partial charge in [-0.1, -0.05) is 62.1 Å². The monoisotopic (exact) mass is 413 g/mol. The predicted molar refractivity (Wildman–Crippen MR) is 116 cm³/mol. The van der Waals surface area contributed by atoms with Crippen LogP contribution in [0.1, 0.15) is 5.56 Å². The van der Waals surface area contributed by atoms with E-state index in [-0.39, 0.29) is 5.69 Å². The second-order valence-corrected chi connectivity index (χ2v) is 13.3. The van der Waals surface area contributed by atoms with E-state index < -0.39 is 19.8 Å². The van der Waals surface area contributed by atoms with Crippen molar-refractivity contribution in [2.75, 3.05) is 11.9 Å². The molecule has 0 aliphatic rings. The molecule has 0 bridgehead atoms. The third-order valence-electron chi connectivity index (χ3n) is 5.24. The molecule has 0 spiro atoms. The summed E-state index contributed by atoms with van der Waals surface area (Å²) in [4.78, 5) is 1.56. The predicted octanol–water partition coefficient (Wildman–Crippen LogP) is 6.92. The summed E-state index contributed by atoms with van der Waals surface area (Å²) in [6, 6.07) is 17.4. The molecule has 1 aromatic heterocycles. The highest BCUT2D eigenvalue weighted by Gasteiger charge is 2.34. The van der Waals surface area contributed by atoms with Crippen LogP contribution in [-0.4, -0.2) is 15.1 Å². The Morgan fingerprint density at radius 2 is 1.34 bits per heavy atom. The van der Waals surface area contributed by atoms with E-state index in [0.29, 0.717) is 11.3 Å². The number of fused-ring (bicyclic) bond motifs is 3. The molecule has 1 heterocycles. The highest BCUT2D eigenvalue weighted by atomic mass is 28.3. The summed E-state index contributed by atoms with van der Waals surface area (Å²) in [6.45, 7) is 6.75. The molecule has 0 aliphatic heterocycles. The van der Waals surface area contributed by atoms with Gasteiger partial charge >= 0.3 is 6.18 Å². The summed E-state index contributed by atoms with van der Waals surface area (Å²) >= 11 is 0. The minimum atomic E-state index is -4.43. The molecule has 0 saturated carbocycles. The van der Waals surface area contributed by atoms with Gasteiger partial charge in [-0.05, 0) is 23.4 Å². The van der Waals surface area contributed by atoms with Crippen LogP contribution >= 0.6 is 0 Å². The van der Waals surface area contributed by atoms with Gasteiger partial charge in [-0.3, -0.25) is 0 Å². The molecule has 0 fully saturated rings. The normalized spacial score (nSPS) is 12.7. The highest BCUT2D eigenvalue weighted by Crippen LogP contribution is 2.41. The number of alkyl halides is 3. The van der Waals surface area contributed by atoms with Gasteiger partial charge in [-0.25, -0.2) is 0 Å². The van der Waals surface area contributed by atoms with Crippen molar-refractivity contribution in [3.8, 4) is 0 Å². The number of benzene rings is 3. The fourth-order valence-corrected chi connectivity index (χ4v) is 5.26.